The first-order valence-electron chi connectivity index (χ1n) is 10.9. The molecular weight excluding hydrogens is 428 g/mol. The third kappa shape index (κ3) is 6.18. The van der Waals surface area contributed by atoms with Gasteiger partial charge in [-0.05, 0) is 30.9 Å². The number of amides is 4. The lowest BCUT2D eigenvalue weighted by Gasteiger charge is -2.21. The Morgan fingerprint density at radius 2 is 1.97 bits per heavy atom. The molecule has 2 aromatic rings. The minimum absolute atomic E-state index is 0.0807. The first-order valence-corrected chi connectivity index (χ1v) is 10.9. The molecule has 33 heavy (non-hydrogen) atoms. The molecule has 1 saturated heterocycles. The van der Waals surface area contributed by atoms with Crippen molar-refractivity contribution in [2.45, 2.75) is 38.8 Å². The summed E-state index contributed by atoms with van der Waals surface area (Å²) in [6.07, 6.45) is 1.39. The number of carbonyl (C=O) groups excluding carboxylic acids is 5. The number of nitrogens with one attached hydrogen (secondary N) is 4. The summed E-state index contributed by atoms with van der Waals surface area (Å²) in [5, 5.41) is 11.1. The molecule has 3 rings (SSSR count). The van der Waals surface area contributed by atoms with E-state index in [-0.39, 0.29) is 36.5 Å². The van der Waals surface area contributed by atoms with Crippen LogP contribution in [0.3, 0.4) is 0 Å². The van der Waals surface area contributed by atoms with Crippen LogP contribution in [0.1, 0.15) is 37.2 Å². The molecule has 0 unspecified atom stereocenters. The first kappa shape index (κ1) is 24.0. The number of hydrogen-bond acceptors (Lipinski definition) is 6. The number of rotatable bonds is 10. The molecule has 0 saturated carbocycles. The van der Waals surface area contributed by atoms with Gasteiger partial charge in [-0.25, -0.2) is 0 Å². The van der Waals surface area contributed by atoms with Gasteiger partial charge in [-0.15, -0.1) is 0 Å². The first-order chi connectivity index (χ1) is 15.8. The lowest BCUT2D eigenvalue weighted by molar-refractivity contribution is -0.128. The zero-order valence-electron chi connectivity index (χ0n) is 18.6. The Balaban J connectivity index is 1.52. The van der Waals surface area contributed by atoms with E-state index in [0.717, 1.165) is 5.39 Å². The summed E-state index contributed by atoms with van der Waals surface area (Å²) < 4.78 is 5.54. The van der Waals surface area contributed by atoms with Crippen molar-refractivity contribution in [1.82, 2.24) is 21.3 Å². The number of furan rings is 1. The molecule has 0 bridgehead atoms. The monoisotopic (exact) mass is 456 g/mol. The number of para-hydroxylation sites is 1. The predicted octanol–water partition coefficient (Wildman–Crippen LogP) is 0.513. The van der Waals surface area contributed by atoms with Gasteiger partial charge in [0.2, 0.25) is 17.7 Å². The molecule has 2 heterocycles. The van der Waals surface area contributed by atoms with E-state index in [1.165, 1.54) is 0 Å². The van der Waals surface area contributed by atoms with E-state index in [1.54, 1.807) is 32.0 Å². The molecule has 1 aliphatic rings. The minimum Gasteiger partial charge on any atom is -0.451 e. The van der Waals surface area contributed by atoms with Crippen molar-refractivity contribution in [1.29, 1.82) is 0 Å². The van der Waals surface area contributed by atoms with E-state index >= 15 is 0 Å². The third-order valence-corrected chi connectivity index (χ3v) is 5.52. The molecule has 1 aromatic heterocycles. The van der Waals surface area contributed by atoms with E-state index in [9.17, 15) is 24.0 Å². The van der Waals surface area contributed by atoms with E-state index in [1.807, 2.05) is 12.1 Å². The molecule has 1 aliphatic heterocycles. The molecule has 0 radical (unpaired) electrons. The van der Waals surface area contributed by atoms with Crippen LogP contribution in [0.25, 0.3) is 11.0 Å². The fraction of sp³-hybridized carbons (Fsp3) is 0.435. The lowest BCUT2D eigenvalue weighted by atomic mass is 9.99. The smallest absolute Gasteiger partial charge is 0.287 e. The molecule has 1 aromatic carbocycles. The maximum absolute atomic E-state index is 12.6. The summed E-state index contributed by atoms with van der Waals surface area (Å²) in [5.74, 6) is -2.28. The molecule has 4 amide bonds. The highest BCUT2D eigenvalue weighted by molar-refractivity contribution is 5.99. The summed E-state index contributed by atoms with van der Waals surface area (Å²) in [6, 6.07) is 7.04. The second-order valence-electron chi connectivity index (χ2n) is 8.38. The maximum Gasteiger partial charge on any atom is 0.287 e. The summed E-state index contributed by atoms with van der Waals surface area (Å²) in [6.45, 7) is 3.70. The topological polar surface area (TPSA) is 147 Å². The zero-order valence-corrected chi connectivity index (χ0v) is 18.6. The van der Waals surface area contributed by atoms with Crippen molar-refractivity contribution in [3.05, 3.63) is 36.1 Å². The second-order valence-corrected chi connectivity index (χ2v) is 8.38. The van der Waals surface area contributed by atoms with Gasteiger partial charge >= 0.3 is 0 Å². The molecule has 3 atom stereocenters. The fourth-order valence-electron chi connectivity index (χ4n) is 3.70. The van der Waals surface area contributed by atoms with Crippen molar-refractivity contribution in [3.63, 3.8) is 0 Å². The number of hydrogen-bond donors (Lipinski definition) is 4. The lowest BCUT2D eigenvalue weighted by Crippen LogP contribution is -2.52. The maximum atomic E-state index is 12.6. The van der Waals surface area contributed by atoms with Crippen LogP contribution in [0.2, 0.25) is 0 Å². The quantitative estimate of drug-likeness (QED) is 0.383. The number of aldehydes is 1. The summed E-state index contributed by atoms with van der Waals surface area (Å²) in [5.41, 5.74) is 0.560. The summed E-state index contributed by atoms with van der Waals surface area (Å²) >= 11 is 0. The fourth-order valence-corrected chi connectivity index (χ4v) is 3.70. The number of carbonyl (C=O) groups is 5. The largest absolute Gasteiger partial charge is 0.451 e. The Morgan fingerprint density at radius 1 is 1.21 bits per heavy atom. The average Bonchev–Trinajstić information content (AvgIpc) is 3.41. The van der Waals surface area contributed by atoms with Crippen LogP contribution in [0, 0.1) is 11.8 Å². The molecule has 10 heteroatoms. The van der Waals surface area contributed by atoms with Gasteiger partial charge in [0.05, 0.1) is 12.6 Å². The third-order valence-electron chi connectivity index (χ3n) is 5.52. The van der Waals surface area contributed by atoms with Gasteiger partial charge in [0.25, 0.3) is 5.91 Å². The van der Waals surface area contributed by atoms with Crippen molar-refractivity contribution in [3.8, 4) is 0 Å². The highest BCUT2D eigenvalue weighted by atomic mass is 16.3. The molecule has 10 nitrogen and oxygen atoms in total. The van der Waals surface area contributed by atoms with Crippen LogP contribution < -0.4 is 21.3 Å². The summed E-state index contributed by atoms with van der Waals surface area (Å²) in [4.78, 5) is 60.4. The van der Waals surface area contributed by atoms with Gasteiger partial charge in [-0.1, -0.05) is 32.0 Å². The molecule has 0 aliphatic carbocycles. The summed E-state index contributed by atoms with van der Waals surface area (Å²) in [7, 11) is 0. The van der Waals surface area contributed by atoms with E-state index in [2.05, 4.69) is 21.3 Å². The van der Waals surface area contributed by atoms with Gasteiger partial charge in [-0.3, -0.25) is 19.2 Å². The van der Waals surface area contributed by atoms with E-state index < -0.39 is 29.8 Å². The minimum atomic E-state index is -0.900. The van der Waals surface area contributed by atoms with E-state index in [4.69, 9.17) is 4.42 Å². The van der Waals surface area contributed by atoms with Crippen LogP contribution in [-0.2, 0) is 19.2 Å². The Bertz CT molecular complexity index is 1010. The predicted molar refractivity (Wildman–Crippen MR) is 119 cm³/mol. The SMILES string of the molecule is CC(C)[C@H](NC(=O)c1cc2ccccc2o1)C(=O)NCC(=O)N[C@H](C=O)C[C@@H]1CCNC1=O. The number of benzene rings is 1. The standard InChI is InChI=1S/C23H28N4O6/c1-13(2)20(27-22(31)18-10-14-5-3-4-6-17(14)33-18)23(32)25-11-19(29)26-16(12-28)9-15-7-8-24-21(15)30/h3-6,10,12-13,15-16,20H,7-9,11H2,1-2H3,(H,24,30)(H,25,32)(H,26,29)(H,27,31)/t15-,16-,20-/m0/s1. The van der Waals surface area contributed by atoms with Gasteiger partial charge in [0.15, 0.2) is 5.76 Å². The molecule has 1 fully saturated rings. The van der Waals surface area contributed by atoms with Crippen molar-refractivity contribution < 1.29 is 28.4 Å². The second kappa shape index (κ2) is 10.8. The van der Waals surface area contributed by atoms with Crippen LogP contribution >= 0.6 is 0 Å². The van der Waals surface area contributed by atoms with Crippen molar-refractivity contribution in [2.24, 2.45) is 11.8 Å². The van der Waals surface area contributed by atoms with E-state index in [0.29, 0.717) is 24.8 Å². The Hall–Kier alpha value is -3.69. The highest BCUT2D eigenvalue weighted by Gasteiger charge is 2.29. The van der Waals surface area contributed by atoms with Crippen molar-refractivity contribution >= 4 is 40.9 Å². The molecule has 176 valence electrons. The van der Waals surface area contributed by atoms with Crippen LogP contribution in [0.15, 0.2) is 34.7 Å². The zero-order chi connectivity index (χ0) is 24.0. The van der Waals surface area contributed by atoms with Gasteiger partial charge in [0, 0.05) is 17.8 Å². The Labute approximate surface area is 190 Å². The van der Waals surface area contributed by atoms with Gasteiger partial charge in [0.1, 0.15) is 17.9 Å². The Kier molecular flexibility index (Phi) is 7.81. The highest BCUT2D eigenvalue weighted by Crippen LogP contribution is 2.19. The Morgan fingerprint density at radius 3 is 2.61 bits per heavy atom. The number of fused-ring (bicyclic) bond motifs is 1. The van der Waals surface area contributed by atoms with Crippen LogP contribution in [-0.4, -0.2) is 55.1 Å². The van der Waals surface area contributed by atoms with Crippen LogP contribution in [0.5, 0.6) is 0 Å². The molecule has 0 spiro atoms. The normalized spacial score (nSPS) is 17.3. The van der Waals surface area contributed by atoms with Crippen molar-refractivity contribution in [2.75, 3.05) is 13.1 Å². The van der Waals surface area contributed by atoms with Crippen LogP contribution in [0.4, 0.5) is 0 Å². The average molecular weight is 456 g/mol. The molecule has 4 N–H and O–H groups in total. The van der Waals surface area contributed by atoms with Gasteiger partial charge in [-0.2, -0.15) is 0 Å². The molecular formula is C23H28N4O6. The van der Waals surface area contributed by atoms with Gasteiger partial charge < -0.3 is 30.5 Å².